The Bertz CT molecular complexity index is 554. The SMILES string of the molecule is C[C@@H](OC[C@@H]1CCCCO1)C(=O)Nc1ccccc1N1CCOCC1. The molecule has 6 nitrogen and oxygen atoms in total. The van der Waals surface area contributed by atoms with E-state index in [0.717, 1.165) is 43.9 Å². The highest BCUT2D eigenvalue weighted by Crippen LogP contribution is 2.26. The van der Waals surface area contributed by atoms with E-state index in [1.54, 1.807) is 6.92 Å². The number of morpholine rings is 1. The van der Waals surface area contributed by atoms with Gasteiger partial charge in [0.1, 0.15) is 6.10 Å². The molecule has 2 heterocycles. The molecule has 138 valence electrons. The minimum absolute atomic E-state index is 0.115. The van der Waals surface area contributed by atoms with Gasteiger partial charge in [0, 0.05) is 19.7 Å². The lowest BCUT2D eigenvalue weighted by Crippen LogP contribution is -2.37. The number of ether oxygens (including phenoxy) is 3. The molecule has 0 spiro atoms. The summed E-state index contributed by atoms with van der Waals surface area (Å²) in [6.45, 7) is 6.14. The summed E-state index contributed by atoms with van der Waals surface area (Å²) in [4.78, 5) is 14.7. The van der Waals surface area contributed by atoms with Crippen molar-refractivity contribution in [3.05, 3.63) is 24.3 Å². The van der Waals surface area contributed by atoms with Crippen LogP contribution in [0.2, 0.25) is 0 Å². The Balaban J connectivity index is 1.54. The third kappa shape index (κ3) is 5.17. The zero-order valence-corrected chi connectivity index (χ0v) is 14.9. The summed E-state index contributed by atoms with van der Waals surface area (Å²) < 4.78 is 16.8. The van der Waals surface area contributed by atoms with Crippen LogP contribution < -0.4 is 10.2 Å². The number of para-hydroxylation sites is 2. The number of anilines is 2. The largest absolute Gasteiger partial charge is 0.378 e. The molecule has 6 heteroatoms. The van der Waals surface area contributed by atoms with Crippen LogP contribution in [0.4, 0.5) is 11.4 Å². The molecule has 1 N–H and O–H groups in total. The monoisotopic (exact) mass is 348 g/mol. The van der Waals surface area contributed by atoms with Gasteiger partial charge in [-0.2, -0.15) is 0 Å². The second-order valence-electron chi connectivity index (χ2n) is 6.57. The van der Waals surface area contributed by atoms with Crippen LogP contribution in [0.25, 0.3) is 0 Å². The number of benzene rings is 1. The Morgan fingerprint density at radius 2 is 2.08 bits per heavy atom. The predicted octanol–water partition coefficient (Wildman–Crippen LogP) is 2.44. The Hall–Kier alpha value is -1.63. The number of carbonyl (C=O) groups excluding carboxylic acids is 1. The van der Waals surface area contributed by atoms with E-state index in [4.69, 9.17) is 14.2 Å². The first-order chi connectivity index (χ1) is 12.2. The summed E-state index contributed by atoms with van der Waals surface area (Å²) >= 11 is 0. The van der Waals surface area contributed by atoms with Crippen molar-refractivity contribution in [2.75, 3.05) is 49.7 Å². The molecule has 0 saturated carbocycles. The average Bonchev–Trinajstić information content (AvgIpc) is 2.68. The number of hydrogen-bond donors (Lipinski definition) is 1. The van der Waals surface area contributed by atoms with Crippen molar-refractivity contribution in [3.8, 4) is 0 Å². The third-order valence-electron chi connectivity index (χ3n) is 4.69. The standard InChI is InChI=1S/C19H28N2O4/c1-15(25-14-16-6-4-5-11-24-16)19(22)20-17-7-2-3-8-18(17)21-9-12-23-13-10-21/h2-3,7-8,15-16H,4-6,9-14H2,1H3,(H,20,22)/t15-,16+/m1/s1. The molecule has 25 heavy (non-hydrogen) atoms. The molecule has 1 amide bonds. The van der Waals surface area contributed by atoms with Crippen molar-refractivity contribution in [3.63, 3.8) is 0 Å². The number of rotatable bonds is 6. The van der Waals surface area contributed by atoms with E-state index < -0.39 is 6.10 Å². The summed E-state index contributed by atoms with van der Waals surface area (Å²) in [5.74, 6) is -0.128. The normalized spacial score (nSPS) is 22.4. The van der Waals surface area contributed by atoms with Crippen LogP contribution in [0.3, 0.4) is 0 Å². The number of nitrogens with zero attached hydrogens (tertiary/aromatic N) is 1. The summed E-state index contributed by atoms with van der Waals surface area (Å²) in [5.41, 5.74) is 1.85. The van der Waals surface area contributed by atoms with Crippen molar-refractivity contribution >= 4 is 17.3 Å². The van der Waals surface area contributed by atoms with E-state index in [1.807, 2.05) is 24.3 Å². The van der Waals surface area contributed by atoms with E-state index in [0.29, 0.717) is 19.8 Å². The van der Waals surface area contributed by atoms with E-state index in [-0.39, 0.29) is 12.0 Å². The fourth-order valence-corrected chi connectivity index (χ4v) is 3.16. The van der Waals surface area contributed by atoms with Crippen molar-refractivity contribution < 1.29 is 19.0 Å². The minimum atomic E-state index is -0.511. The van der Waals surface area contributed by atoms with Crippen molar-refractivity contribution in [2.24, 2.45) is 0 Å². The minimum Gasteiger partial charge on any atom is -0.378 e. The van der Waals surface area contributed by atoms with Gasteiger partial charge in [-0.25, -0.2) is 0 Å². The zero-order valence-electron chi connectivity index (χ0n) is 14.9. The van der Waals surface area contributed by atoms with Gasteiger partial charge in [0.15, 0.2) is 0 Å². The second-order valence-corrected chi connectivity index (χ2v) is 6.57. The quantitative estimate of drug-likeness (QED) is 0.856. The molecule has 0 bridgehead atoms. The highest BCUT2D eigenvalue weighted by Gasteiger charge is 2.21. The van der Waals surface area contributed by atoms with Crippen LogP contribution in [0, 0.1) is 0 Å². The van der Waals surface area contributed by atoms with Gasteiger partial charge in [0.2, 0.25) is 0 Å². The van der Waals surface area contributed by atoms with E-state index >= 15 is 0 Å². The van der Waals surface area contributed by atoms with Crippen molar-refractivity contribution in [1.82, 2.24) is 0 Å². The Labute approximate surface area is 149 Å². The lowest BCUT2D eigenvalue weighted by atomic mass is 10.1. The Morgan fingerprint density at radius 3 is 2.84 bits per heavy atom. The topological polar surface area (TPSA) is 60.0 Å². The van der Waals surface area contributed by atoms with Crippen molar-refractivity contribution in [2.45, 2.75) is 38.4 Å². The lowest BCUT2D eigenvalue weighted by Gasteiger charge is -2.30. The smallest absolute Gasteiger partial charge is 0.253 e. The zero-order chi connectivity index (χ0) is 17.5. The van der Waals surface area contributed by atoms with Gasteiger partial charge < -0.3 is 24.4 Å². The highest BCUT2D eigenvalue weighted by atomic mass is 16.5. The fraction of sp³-hybridized carbons (Fsp3) is 0.632. The molecule has 2 saturated heterocycles. The first kappa shape index (κ1) is 18.2. The summed E-state index contributed by atoms with van der Waals surface area (Å²) in [5, 5.41) is 3.01. The fourth-order valence-electron chi connectivity index (χ4n) is 3.16. The molecule has 0 aromatic heterocycles. The van der Waals surface area contributed by atoms with Crippen LogP contribution >= 0.6 is 0 Å². The molecule has 0 radical (unpaired) electrons. The number of carbonyl (C=O) groups is 1. The maximum Gasteiger partial charge on any atom is 0.253 e. The maximum absolute atomic E-state index is 12.5. The van der Waals surface area contributed by atoms with Gasteiger partial charge in [-0.05, 0) is 38.3 Å². The first-order valence-corrected chi connectivity index (χ1v) is 9.20. The molecule has 0 aliphatic carbocycles. The maximum atomic E-state index is 12.5. The second kappa shape index (κ2) is 9.17. The Kier molecular flexibility index (Phi) is 6.67. The first-order valence-electron chi connectivity index (χ1n) is 9.20. The number of nitrogens with one attached hydrogen (secondary N) is 1. The summed E-state index contributed by atoms with van der Waals surface area (Å²) in [7, 11) is 0. The van der Waals surface area contributed by atoms with Crippen LogP contribution in [0.1, 0.15) is 26.2 Å². The van der Waals surface area contributed by atoms with E-state index in [2.05, 4.69) is 10.2 Å². The van der Waals surface area contributed by atoms with Gasteiger partial charge in [0.25, 0.3) is 5.91 Å². The van der Waals surface area contributed by atoms with Gasteiger partial charge in [-0.3, -0.25) is 4.79 Å². The van der Waals surface area contributed by atoms with E-state index in [1.165, 1.54) is 6.42 Å². The molecular weight excluding hydrogens is 320 g/mol. The molecule has 3 rings (SSSR count). The highest BCUT2D eigenvalue weighted by molar-refractivity contribution is 5.97. The van der Waals surface area contributed by atoms with Crippen molar-refractivity contribution in [1.29, 1.82) is 0 Å². The van der Waals surface area contributed by atoms with Gasteiger partial charge in [-0.1, -0.05) is 12.1 Å². The summed E-state index contributed by atoms with van der Waals surface area (Å²) in [6.07, 6.45) is 2.90. The van der Waals surface area contributed by atoms with Gasteiger partial charge in [0.05, 0.1) is 37.3 Å². The molecule has 0 unspecified atom stereocenters. The van der Waals surface area contributed by atoms with Crippen LogP contribution in [0.5, 0.6) is 0 Å². The molecule has 2 aliphatic heterocycles. The molecule has 1 aromatic carbocycles. The molecule has 1 aromatic rings. The molecule has 2 fully saturated rings. The van der Waals surface area contributed by atoms with Crippen LogP contribution in [-0.2, 0) is 19.0 Å². The summed E-state index contributed by atoms with van der Waals surface area (Å²) in [6, 6.07) is 7.88. The lowest BCUT2D eigenvalue weighted by molar-refractivity contribution is -0.130. The van der Waals surface area contributed by atoms with Crippen LogP contribution in [-0.4, -0.2) is 57.6 Å². The predicted molar refractivity (Wildman–Crippen MR) is 97.1 cm³/mol. The average molecular weight is 348 g/mol. The molecule has 2 aliphatic rings. The molecular formula is C19H28N2O4. The van der Waals surface area contributed by atoms with Gasteiger partial charge >= 0.3 is 0 Å². The molecule has 2 atom stereocenters. The van der Waals surface area contributed by atoms with Gasteiger partial charge in [-0.15, -0.1) is 0 Å². The third-order valence-corrected chi connectivity index (χ3v) is 4.69. The number of amides is 1. The van der Waals surface area contributed by atoms with Crippen LogP contribution in [0.15, 0.2) is 24.3 Å². The Morgan fingerprint density at radius 1 is 1.28 bits per heavy atom. The number of hydrogen-bond acceptors (Lipinski definition) is 5. The van der Waals surface area contributed by atoms with E-state index in [9.17, 15) is 4.79 Å².